The van der Waals surface area contributed by atoms with Crippen LogP contribution in [0.5, 0.6) is 0 Å². The van der Waals surface area contributed by atoms with Crippen LogP contribution in [-0.4, -0.2) is 110 Å². The molecule has 7 heterocycles. The van der Waals surface area contributed by atoms with Gasteiger partial charge in [0.2, 0.25) is 0 Å². The van der Waals surface area contributed by atoms with Gasteiger partial charge in [0.05, 0.1) is 31.6 Å². The Hall–Kier alpha value is -3.24. The molecule has 44 heavy (non-hydrogen) atoms. The van der Waals surface area contributed by atoms with Crippen molar-refractivity contribution in [3.63, 3.8) is 0 Å². The number of hydrogen-bond acceptors (Lipinski definition) is 17. The summed E-state index contributed by atoms with van der Waals surface area (Å²) in [5.74, 6) is 0.0399. The van der Waals surface area contributed by atoms with Crippen LogP contribution in [0, 0.1) is 0 Å². The summed E-state index contributed by atoms with van der Waals surface area (Å²) in [5, 5.41) is 28.5. The number of phosphoric ester groups is 2. The van der Waals surface area contributed by atoms with Gasteiger partial charge >= 0.3 is 15.6 Å². The Morgan fingerprint density at radius 3 is 2.41 bits per heavy atom. The van der Waals surface area contributed by atoms with Gasteiger partial charge in [-0.2, -0.15) is 5.10 Å². The highest BCUT2D eigenvalue weighted by atomic mass is 31.2. The minimum absolute atomic E-state index is 0.00432. The predicted molar refractivity (Wildman–Crippen MR) is 139 cm³/mol. The first-order valence-electron chi connectivity index (χ1n) is 12.8. The summed E-state index contributed by atoms with van der Waals surface area (Å²) < 4.78 is 59.9. The summed E-state index contributed by atoms with van der Waals surface area (Å²) in [6.07, 6.45) is -8.94. The summed E-state index contributed by atoms with van der Waals surface area (Å²) in [7, 11) is -10.1. The number of hydrogen-bond donors (Lipinski definition) is 7. The third-order valence-electron chi connectivity index (χ3n) is 7.28. The number of aliphatic hydroxyl groups is 2. The molecular formula is C20H23N9O13P2. The van der Waals surface area contributed by atoms with E-state index < -0.39 is 83.4 Å². The molecule has 3 aliphatic rings. The fourth-order valence-electron chi connectivity index (χ4n) is 5.26. The molecule has 7 rings (SSSR count). The van der Waals surface area contributed by atoms with Gasteiger partial charge in [-0.3, -0.25) is 32.6 Å². The Bertz CT molecular complexity index is 1880. The van der Waals surface area contributed by atoms with E-state index in [1.54, 1.807) is 0 Å². The maximum Gasteiger partial charge on any atom is 0.472 e. The summed E-state index contributed by atoms with van der Waals surface area (Å²) in [4.78, 5) is 51.8. The maximum atomic E-state index is 13.1. The predicted octanol–water partition coefficient (Wildman–Crippen LogP) is -1.85. The van der Waals surface area contributed by atoms with Gasteiger partial charge < -0.3 is 40.2 Å². The SMILES string of the molecule is Nc1ncnc2c1ncn2[C@@H]1O[C@@H]2COP(=O)(O)O[C@@H]3[C@H](O)[C@@H](COP(=O)(O)O[C@H]2[C@H]1O)O[C@H]3c1[nH]nc2c(=O)[nH]cnc12. The summed E-state index contributed by atoms with van der Waals surface area (Å²) in [6, 6.07) is 0. The van der Waals surface area contributed by atoms with E-state index in [2.05, 4.69) is 35.1 Å². The van der Waals surface area contributed by atoms with Gasteiger partial charge in [0.25, 0.3) is 5.56 Å². The van der Waals surface area contributed by atoms with E-state index in [-0.39, 0.29) is 33.7 Å². The molecule has 3 saturated heterocycles. The Balaban J connectivity index is 1.20. The quantitative estimate of drug-likeness (QED) is 0.116. The van der Waals surface area contributed by atoms with E-state index in [1.165, 1.54) is 10.9 Å². The normalized spacial score (nSPS) is 38.3. The number of nitrogens with two attached hydrogens (primary N) is 1. The number of rotatable bonds is 2. The second kappa shape index (κ2) is 10.7. The van der Waals surface area contributed by atoms with Gasteiger partial charge in [-0.15, -0.1) is 0 Å². The van der Waals surface area contributed by atoms with Gasteiger partial charge in [0, 0.05) is 0 Å². The number of phosphoric acid groups is 2. The van der Waals surface area contributed by atoms with Crippen LogP contribution in [0.15, 0.2) is 23.8 Å². The van der Waals surface area contributed by atoms with Crippen molar-refractivity contribution in [1.29, 1.82) is 0 Å². The van der Waals surface area contributed by atoms with Gasteiger partial charge in [0.15, 0.2) is 23.2 Å². The number of aliphatic hydroxyl groups excluding tert-OH is 2. The van der Waals surface area contributed by atoms with Crippen LogP contribution in [0.25, 0.3) is 22.2 Å². The van der Waals surface area contributed by atoms with E-state index in [0.29, 0.717) is 0 Å². The molecule has 8 N–H and O–H groups in total. The molecule has 0 aromatic carbocycles. The lowest BCUT2D eigenvalue weighted by Crippen LogP contribution is -2.36. The Labute approximate surface area is 243 Å². The topological polar surface area (TPSA) is 314 Å². The number of H-pyrrole nitrogens is 2. The molecule has 4 aromatic rings. The number of nitrogen functional groups attached to an aromatic ring is 1. The highest BCUT2D eigenvalue weighted by Gasteiger charge is 2.54. The third-order valence-corrected chi connectivity index (χ3v) is 9.25. The molecule has 10 atom stereocenters. The number of nitrogens with zero attached hydrogens (tertiary/aromatic N) is 6. The highest BCUT2D eigenvalue weighted by molar-refractivity contribution is 7.47. The zero-order valence-corrected chi connectivity index (χ0v) is 23.7. The lowest BCUT2D eigenvalue weighted by atomic mass is 10.1. The van der Waals surface area contributed by atoms with Crippen LogP contribution in [0.1, 0.15) is 18.0 Å². The van der Waals surface area contributed by atoms with Crippen LogP contribution in [0.4, 0.5) is 5.82 Å². The van der Waals surface area contributed by atoms with Crippen molar-refractivity contribution in [1.82, 2.24) is 39.7 Å². The second-order valence-corrected chi connectivity index (χ2v) is 12.8. The van der Waals surface area contributed by atoms with Crippen molar-refractivity contribution < 1.29 is 56.7 Å². The molecule has 0 aliphatic carbocycles. The number of aromatic amines is 2. The van der Waals surface area contributed by atoms with Crippen LogP contribution >= 0.6 is 15.6 Å². The van der Waals surface area contributed by atoms with Gasteiger partial charge in [0.1, 0.15) is 60.1 Å². The molecule has 3 fully saturated rings. The van der Waals surface area contributed by atoms with Crippen LogP contribution in [0.2, 0.25) is 0 Å². The third kappa shape index (κ3) is 5.04. The largest absolute Gasteiger partial charge is 0.472 e. The number of aromatic nitrogens is 8. The fourth-order valence-corrected chi connectivity index (χ4v) is 7.16. The standard InChI is InChI=1S/C20H23N9O13P2/c21-17-11-18(24-4-23-17)29(5-26-11)20-13(31)14-7(40-20)2-38-44(35,36)42-16-12(30)6(1-37-43(33,34)41-14)39-15(16)9-8-10(28-27-9)19(32)25-3-22-8/h3-7,12-16,20,30-31H,1-2H2,(H,27,28)(H,33,34)(H,35,36)(H2,21,23,24)(H,22,25,32)/t6-,7-,12-,13-,14-,15+,16-,20-/m1/s1. The number of fused-ring (bicyclic) bond motifs is 5. The van der Waals surface area contributed by atoms with Gasteiger partial charge in [-0.25, -0.2) is 29.1 Å². The number of imidazole rings is 1. The molecule has 0 radical (unpaired) electrons. The highest BCUT2D eigenvalue weighted by Crippen LogP contribution is 2.54. The Morgan fingerprint density at radius 1 is 0.909 bits per heavy atom. The first-order valence-corrected chi connectivity index (χ1v) is 15.7. The Kier molecular flexibility index (Phi) is 7.16. The van der Waals surface area contributed by atoms with E-state index in [4.69, 9.17) is 33.3 Å². The van der Waals surface area contributed by atoms with Crippen molar-refractivity contribution in [2.75, 3.05) is 18.9 Å². The number of nitrogens with one attached hydrogen (secondary N) is 2. The van der Waals surface area contributed by atoms with Crippen molar-refractivity contribution in [3.8, 4) is 0 Å². The van der Waals surface area contributed by atoms with Gasteiger partial charge in [-0.1, -0.05) is 0 Å². The fraction of sp³-hybridized carbons (Fsp3) is 0.500. The molecule has 24 heteroatoms. The van der Waals surface area contributed by atoms with E-state index in [0.717, 1.165) is 12.7 Å². The zero-order valence-electron chi connectivity index (χ0n) is 21.9. The lowest BCUT2D eigenvalue weighted by Gasteiger charge is -2.25. The minimum atomic E-state index is -5.08. The lowest BCUT2D eigenvalue weighted by molar-refractivity contribution is -0.0571. The van der Waals surface area contributed by atoms with E-state index in [1.807, 2.05) is 0 Å². The average Bonchev–Trinajstić information content (AvgIpc) is 3.73. The van der Waals surface area contributed by atoms with Crippen LogP contribution in [0.3, 0.4) is 0 Å². The summed E-state index contributed by atoms with van der Waals surface area (Å²) in [6.45, 7) is -1.61. The Morgan fingerprint density at radius 2 is 1.64 bits per heavy atom. The monoisotopic (exact) mass is 659 g/mol. The van der Waals surface area contributed by atoms with Crippen molar-refractivity contribution in [3.05, 3.63) is 35.0 Å². The molecular weight excluding hydrogens is 636 g/mol. The molecule has 0 amide bonds. The molecule has 0 spiro atoms. The molecule has 2 unspecified atom stereocenters. The average molecular weight is 659 g/mol. The molecule has 0 saturated carbocycles. The van der Waals surface area contributed by atoms with Crippen molar-refractivity contribution in [2.45, 2.75) is 49.0 Å². The first-order chi connectivity index (χ1) is 20.9. The summed E-state index contributed by atoms with van der Waals surface area (Å²) in [5.41, 5.74) is 5.44. The van der Waals surface area contributed by atoms with Crippen LogP contribution < -0.4 is 11.3 Å². The maximum absolute atomic E-state index is 13.1. The van der Waals surface area contributed by atoms with Crippen LogP contribution in [-0.2, 0) is 36.7 Å². The van der Waals surface area contributed by atoms with E-state index >= 15 is 0 Å². The smallest absolute Gasteiger partial charge is 0.387 e. The van der Waals surface area contributed by atoms with Crippen molar-refractivity contribution >= 4 is 43.7 Å². The molecule has 236 valence electrons. The number of anilines is 1. The molecule has 2 bridgehead atoms. The van der Waals surface area contributed by atoms with E-state index in [9.17, 15) is 33.9 Å². The van der Waals surface area contributed by atoms with Crippen molar-refractivity contribution in [2.24, 2.45) is 0 Å². The molecule has 4 aromatic heterocycles. The summed E-state index contributed by atoms with van der Waals surface area (Å²) >= 11 is 0. The minimum Gasteiger partial charge on any atom is -0.387 e. The second-order valence-electron chi connectivity index (χ2n) is 9.96. The van der Waals surface area contributed by atoms with Gasteiger partial charge in [-0.05, 0) is 0 Å². The molecule has 22 nitrogen and oxygen atoms in total. The molecule has 3 aliphatic heterocycles. The zero-order chi connectivity index (χ0) is 31.0. The number of ether oxygens (including phenoxy) is 2. The first kappa shape index (κ1) is 29.5.